The van der Waals surface area contributed by atoms with E-state index in [9.17, 15) is 4.79 Å². The van der Waals surface area contributed by atoms with Gasteiger partial charge in [0.15, 0.2) is 0 Å². The minimum Gasteiger partial charge on any atom is -0.478 e. The van der Waals surface area contributed by atoms with E-state index in [4.69, 9.17) is 5.11 Å². The van der Waals surface area contributed by atoms with E-state index in [0.717, 1.165) is 38.3 Å². The zero-order valence-corrected chi connectivity index (χ0v) is 12.4. The van der Waals surface area contributed by atoms with Crippen molar-refractivity contribution >= 4 is 5.97 Å². The van der Waals surface area contributed by atoms with Crippen molar-refractivity contribution in [2.24, 2.45) is 5.92 Å². The first-order valence-corrected chi connectivity index (χ1v) is 7.31. The summed E-state index contributed by atoms with van der Waals surface area (Å²) in [6, 6.07) is 7.26. The standard InChI is InChI=1S/C16H24N2O2/c1-13(2)11-17-6-8-18(9-7-17)12-14-4-3-5-15(10-14)16(19)20/h3-5,10,13H,6-9,11-12H2,1-2H3,(H,19,20). The molecule has 1 aromatic rings. The van der Waals surface area contributed by atoms with Crippen LogP contribution in [0.15, 0.2) is 24.3 Å². The zero-order valence-electron chi connectivity index (χ0n) is 12.4. The van der Waals surface area contributed by atoms with Crippen LogP contribution < -0.4 is 0 Å². The van der Waals surface area contributed by atoms with Crippen molar-refractivity contribution in [1.29, 1.82) is 0 Å². The van der Waals surface area contributed by atoms with Gasteiger partial charge in [-0.25, -0.2) is 4.79 Å². The molecule has 0 bridgehead atoms. The molecule has 0 aliphatic carbocycles. The van der Waals surface area contributed by atoms with E-state index < -0.39 is 5.97 Å². The maximum Gasteiger partial charge on any atom is 0.335 e. The molecule has 1 saturated heterocycles. The first-order chi connectivity index (χ1) is 9.54. The van der Waals surface area contributed by atoms with Gasteiger partial charge in [0.1, 0.15) is 0 Å². The van der Waals surface area contributed by atoms with Gasteiger partial charge >= 0.3 is 5.97 Å². The van der Waals surface area contributed by atoms with Crippen molar-refractivity contribution in [1.82, 2.24) is 9.80 Å². The Morgan fingerprint density at radius 2 is 1.85 bits per heavy atom. The fourth-order valence-electron chi connectivity index (χ4n) is 2.71. The van der Waals surface area contributed by atoms with Crippen LogP contribution in [0.4, 0.5) is 0 Å². The molecule has 2 rings (SSSR count). The van der Waals surface area contributed by atoms with Crippen LogP contribution in [0.1, 0.15) is 29.8 Å². The summed E-state index contributed by atoms with van der Waals surface area (Å²) in [7, 11) is 0. The topological polar surface area (TPSA) is 43.8 Å². The van der Waals surface area contributed by atoms with Crippen LogP contribution in [0.3, 0.4) is 0 Å². The monoisotopic (exact) mass is 276 g/mol. The molecule has 0 aromatic heterocycles. The average Bonchev–Trinajstić information content (AvgIpc) is 2.41. The van der Waals surface area contributed by atoms with Crippen molar-refractivity contribution in [3.05, 3.63) is 35.4 Å². The highest BCUT2D eigenvalue weighted by Gasteiger charge is 2.17. The summed E-state index contributed by atoms with van der Waals surface area (Å²) < 4.78 is 0. The molecule has 20 heavy (non-hydrogen) atoms. The van der Waals surface area contributed by atoms with Crippen molar-refractivity contribution < 1.29 is 9.90 Å². The van der Waals surface area contributed by atoms with Crippen LogP contribution in [0.5, 0.6) is 0 Å². The molecule has 0 amide bonds. The highest BCUT2D eigenvalue weighted by molar-refractivity contribution is 5.87. The number of hydrogen-bond donors (Lipinski definition) is 1. The number of benzene rings is 1. The molecule has 4 heteroatoms. The number of rotatable bonds is 5. The molecule has 0 atom stereocenters. The Balaban J connectivity index is 1.86. The molecular formula is C16H24N2O2. The van der Waals surface area contributed by atoms with Crippen molar-refractivity contribution in [3.8, 4) is 0 Å². The molecule has 4 nitrogen and oxygen atoms in total. The highest BCUT2D eigenvalue weighted by atomic mass is 16.4. The number of carbonyl (C=O) groups is 1. The van der Waals surface area contributed by atoms with Gasteiger partial charge in [0.05, 0.1) is 5.56 Å². The van der Waals surface area contributed by atoms with Crippen LogP contribution in [-0.4, -0.2) is 53.6 Å². The zero-order chi connectivity index (χ0) is 14.5. The molecule has 1 aliphatic rings. The van der Waals surface area contributed by atoms with Gasteiger partial charge < -0.3 is 10.0 Å². The molecule has 110 valence electrons. The number of carboxylic acids is 1. The second-order valence-corrected chi connectivity index (χ2v) is 5.98. The van der Waals surface area contributed by atoms with Crippen LogP contribution in [0.25, 0.3) is 0 Å². The van der Waals surface area contributed by atoms with Gasteiger partial charge in [-0.05, 0) is 23.6 Å². The molecule has 1 N–H and O–H groups in total. The third-order valence-electron chi connectivity index (χ3n) is 3.67. The third-order valence-corrected chi connectivity index (χ3v) is 3.67. The SMILES string of the molecule is CC(C)CN1CCN(Cc2cccc(C(=O)O)c2)CC1. The smallest absolute Gasteiger partial charge is 0.335 e. The van der Waals surface area contributed by atoms with Crippen LogP contribution >= 0.6 is 0 Å². The quantitative estimate of drug-likeness (QED) is 0.895. The second kappa shape index (κ2) is 6.86. The van der Waals surface area contributed by atoms with Crippen molar-refractivity contribution in [2.75, 3.05) is 32.7 Å². The normalized spacial score (nSPS) is 17.6. The first-order valence-electron chi connectivity index (χ1n) is 7.31. The Hall–Kier alpha value is -1.39. The summed E-state index contributed by atoms with van der Waals surface area (Å²) in [6.07, 6.45) is 0. The Bertz CT molecular complexity index is 452. The van der Waals surface area contributed by atoms with Crippen LogP contribution in [0, 0.1) is 5.92 Å². The lowest BCUT2D eigenvalue weighted by Crippen LogP contribution is -2.46. The number of aromatic carboxylic acids is 1. The minimum atomic E-state index is -0.853. The third kappa shape index (κ3) is 4.32. The molecule has 1 aromatic carbocycles. The Labute approximate surface area is 121 Å². The lowest BCUT2D eigenvalue weighted by atomic mass is 10.1. The van der Waals surface area contributed by atoms with E-state index in [1.807, 2.05) is 12.1 Å². The summed E-state index contributed by atoms with van der Waals surface area (Å²) in [5, 5.41) is 9.01. The van der Waals surface area contributed by atoms with Gasteiger partial charge in [-0.2, -0.15) is 0 Å². The van der Waals surface area contributed by atoms with Crippen molar-refractivity contribution in [2.45, 2.75) is 20.4 Å². The van der Waals surface area contributed by atoms with E-state index in [1.165, 1.54) is 6.54 Å². The minimum absolute atomic E-state index is 0.376. The summed E-state index contributed by atoms with van der Waals surface area (Å²) in [5.74, 6) is -0.137. The molecule has 1 heterocycles. The predicted molar refractivity (Wildman–Crippen MR) is 80.0 cm³/mol. The van der Waals surface area contributed by atoms with Crippen LogP contribution in [0.2, 0.25) is 0 Å². The first kappa shape index (κ1) is 15.0. The second-order valence-electron chi connectivity index (χ2n) is 5.98. The van der Waals surface area contributed by atoms with Gasteiger partial charge in [0.25, 0.3) is 0 Å². The molecule has 0 saturated carbocycles. The lowest BCUT2D eigenvalue weighted by molar-refractivity contribution is 0.0696. The maximum atomic E-state index is 11.0. The summed E-state index contributed by atoms with van der Waals surface area (Å²) in [4.78, 5) is 15.9. The average molecular weight is 276 g/mol. The number of hydrogen-bond acceptors (Lipinski definition) is 3. The summed E-state index contributed by atoms with van der Waals surface area (Å²) in [5.41, 5.74) is 1.46. The molecule has 0 unspecified atom stereocenters. The van der Waals surface area contributed by atoms with E-state index in [-0.39, 0.29) is 0 Å². The Kier molecular flexibility index (Phi) is 5.15. The molecule has 1 fully saturated rings. The van der Waals surface area contributed by atoms with Gasteiger partial charge in [-0.3, -0.25) is 4.90 Å². The molecule has 1 aliphatic heterocycles. The van der Waals surface area contributed by atoms with Gasteiger partial charge in [-0.1, -0.05) is 26.0 Å². The molecular weight excluding hydrogens is 252 g/mol. The highest BCUT2D eigenvalue weighted by Crippen LogP contribution is 2.11. The number of carboxylic acid groups (broad SMARTS) is 1. The summed E-state index contributed by atoms with van der Waals surface area (Å²) >= 11 is 0. The van der Waals surface area contributed by atoms with Gasteiger partial charge in [0.2, 0.25) is 0 Å². The Morgan fingerprint density at radius 1 is 1.20 bits per heavy atom. The van der Waals surface area contributed by atoms with E-state index >= 15 is 0 Å². The largest absolute Gasteiger partial charge is 0.478 e. The molecule has 0 spiro atoms. The van der Waals surface area contributed by atoms with E-state index in [1.54, 1.807) is 12.1 Å². The van der Waals surface area contributed by atoms with Crippen LogP contribution in [-0.2, 0) is 6.54 Å². The van der Waals surface area contributed by atoms with Gasteiger partial charge in [-0.15, -0.1) is 0 Å². The van der Waals surface area contributed by atoms with E-state index in [2.05, 4.69) is 23.6 Å². The van der Waals surface area contributed by atoms with Gasteiger partial charge in [0, 0.05) is 39.3 Å². The number of nitrogens with zero attached hydrogens (tertiary/aromatic N) is 2. The molecule has 0 radical (unpaired) electrons. The van der Waals surface area contributed by atoms with E-state index in [0.29, 0.717) is 11.5 Å². The maximum absolute atomic E-state index is 11.0. The fourth-order valence-corrected chi connectivity index (χ4v) is 2.71. The predicted octanol–water partition coefficient (Wildman–Crippen LogP) is 2.16. The summed E-state index contributed by atoms with van der Waals surface area (Å²) in [6.45, 7) is 10.9. The lowest BCUT2D eigenvalue weighted by Gasteiger charge is -2.35. The fraction of sp³-hybridized carbons (Fsp3) is 0.562. The van der Waals surface area contributed by atoms with Crippen molar-refractivity contribution in [3.63, 3.8) is 0 Å². The number of piperazine rings is 1. The Morgan fingerprint density at radius 3 is 2.45 bits per heavy atom.